The zero-order valence-electron chi connectivity index (χ0n) is 29.7. The van der Waals surface area contributed by atoms with Crippen LogP contribution >= 0.6 is 0 Å². The zero-order valence-corrected chi connectivity index (χ0v) is 29.7. The molecule has 0 aromatic heterocycles. The van der Waals surface area contributed by atoms with Crippen LogP contribution in [0.25, 0.3) is 6.08 Å². The van der Waals surface area contributed by atoms with Gasteiger partial charge in [0.05, 0.1) is 19.6 Å². The average Bonchev–Trinajstić information content (AvgIpc) is 3.19. The monoisotopic (exact) mass is 801 g/mol. The summed E-state index contributed by atoms with van der Waals surface area (Å²) in [5, 5.41) is 0. The van der Waals surface area contributed by atoms with Gasteiger partial charge < -0.3 is 4.90 Å². The molecule has 1 nitrogen and oxygen atoms in total. The number of halogens is 15. The van der Waals surface area contributed by atoms with Crippen LogP contribution in [0.3, 0.4) is 0 Å². The van der Waals surface area contributed by atoms with Gasteiger partial charge in [-0.3, -0.25) is 0 Å². The predicted molar refractivity (Wildman–Crippen MR) is 180 cm³/mol. The molecule has 0 atom stereocenters. The summed E-state index contributed by atoms with van der Waals surface area (Å²) >= 11 is 0. The van der Waals surface area contributed by atoms with E-state index in [4.69, 9.17) is 0 Å². The minimum absolute atomic E-state index is 0.0318. The molecule has 0 aliphatic rings. The number of nitrogens with one attached hydrogen (secondary N) is 1. The Morgan fingerprint density at radius 2 is 0.655 bits per heavy atom. The lowest BCUT2D eigenvalue weighted by molar-refractivity contribution is -0.900. The molecule has 0 fully saturated rings. The second-order valence-corrected chi connectivity index (χ2v) is 12.7. The molecule has 55 heavy (non-hydrogen) atoms. The molecule has 0 heterocycles. The van der Waals surface area contributed by atoms with Crippen molar-refractivity contribution in [3.63, 3.8) is 0 Å². The molecule has 4 aromatic carbocycles. The molecule has 0 saturated heterocycles. The van der Waals surface area contributed by atoms with Gasteiger partial charge >= 0.3 is 0 Å². The van der Waals surface area contributed by atoms with Crippen molar-refractivity contribution < 1.29 is 70.8 Å². The third-order valence-electron chi connectivity index (χ3n) is 9.35. The number of hydrogen-bond acceptors (Lipinski definition) is 0. The van der Waals surface area contributed by atoms with Gasteiger partial charge in [-0.1, -0.05) is 77.0 Å². The molecule has 0 unspecified atom stereocenters. The molecular weight excluding hydrogens is 766 g/mol. The van der Waals surface area contributed by atoms with Crippen molar-refractivity contribution in [1.29, 1.82) is 0 Å². The topological polar surface area (TPSA) is 4.44 Å². The van der Waals surface area contributed by atoms with Crippen molar-refractivity contribution in [3.8, 4) is 0 Å². The smallest absolute Gasteiger partial charge is 0.200 e. The van der Waals surface area contributed by atoms with Gasteiger partial charge in [0.25, 0.3) is 0 Å². The van der Waals surface area contributed by atoms with Crippen LogP contribution in [0, 0.1) is 87.3 Å². The van der Waals surface area contributed by atoms with Crippen LogP contribution in [0.2, 0.25) is 0 Å². The van der Waals surface area contributed by atoms with Crippen molar-refractivity contribution in [2.24, 2.45) is 0 Å². The lowest BCUT2D eigenvalue weighted by atomic mass is 9.12. The van der Waals surface area contributed by atoms with E-state index in [-0.39, 0.29) is 5.56 Å². The molecule has 0 aliphatic heterocycles. The van der Waals surface area contributed by atoms with E-state index in [2.05, 4.69) is 27.4 Å². The highest BCUT2D eigenvalue weighted by Gasteiger charge is 2.48. The highest BCUT2D eigenvalue weighted by atomic mass is 19.2. The van der Waals surface area contributed by atoms with E-state index in [1.165, 1.54) is 58.2 Å². The van der Waals surface area contributed by atoms with Gasteiger partial charge in [0.15, 0.2) is 52.4 Å². The third-order valence-corrected chi connectivity index (χ3v) is 9.35. The Kier molecular flexibility index (Phi) is 15.5. The summed E-state index contributed by atoms with van der Waals surface area (Å²) in [4.78, 5) is 1.84. The molecule has 0 saturated carbocycles. The third kappa shape index (κ3) is 8.41. The molecule has 0 aliphatic carbocycles. The van der Waals surface area contributed by atoms with Crippen LogP contribution in [-0.2, 0) is 0 Å². The lowest BCUT2D eigenvalue weighted by Crippen LogP contribution is -3.12. The SMILES string of the molecule is C=Cc1ccc([B-](c2c(F)c(F)c(F)c(F)c2F)(c2c(F)c(F)c(F)c(F)c2F)c2c(F)c(F)c(F)c(F)c2F)cc1.CCCC[NH+](CCCC)CCCC. The summed E-state index contributed by atoms with van der Waals surface area (Å²) in [6, 6.07) is 2.29. The molecule has 1 N–H and O–H groups in total. The molecular formula is C38H35BF15N. The van der Waals surface area contributed by atoms with Crippen molar-refractivity contribution in [2.45, 2.75) is 59.3 Å². The van der Waals surface area contributed by atoms with Crippen LogP contribution in [0.5, 0.6) is 0 Å². The maximum atomic E-state index is 15.5. The Bertz CT molecular complexity index is 1740. The Labute approximate surface area is 307 Å². The van der Waals surface area contributed by atoms with E-state index in [1.54, 1.807) is 0 Å². The van der Waals surface area contributed by atoms with Crippen molar-refractivity contribution in [2.75, 3.05) is 19.6 Å². The molecule has 0 radical (unpaired) electrons. The highest BCUT2D eigenvalue weighted by molar-refractivity contribution is 7.20. The quantitative estimate of drug-likeness (QED) is 0.0570. The Balaban J connectivity index is 0.000000534. The van der Waals surface area contributed by atoms with Crippen LogP contribution in [0.4, 0.5) is 65.9 Å². The Morgan fingerprint density at radius 3 is 0.873 bits per heavy atom. The van der Waals surface area contributed by atoms with Gasteiger partial charge in [0, 0.05) is 0 Å². The number of benzene rings is 4. The van der Waals surface area contributed by atoms with Gasteiger partial charge in [-0.25, -0.2) is 65.9 Å². The summed E-state index contributed by atoms with van der Waals surface area (Å²) in [5.41, 5.74) is -9.52. The average molecular weight is 801 g/mol. The summed E-state index contributed by atoms with van der Waals surface area (Å²) in [6.45, 7) is 14.4. The maximum absolute atomic E-state index is 15.5. The standard InChI is InChI=1S/C26H7BF15.C12H27N/c1-2-7-3-5-8(6-4-7)27(9-12(28)18(34)24(40)19(35)13(9)29,10-14(30)20(36)25(41)21(37)15(10)31)11-16(32)22(38)26(42)23(39)17(11)33;1-4-7-10-13(11-8-5-2)12-9-6-3/h2-6H,1H2;4-12H2,1-3H3/q-1;/p+1. The fourth-order valence-corrected chi connectivity index (χ4v) is 6.52. The first kappa shape index (κ1) is 45.0. The number of unbranched alkanes of at least 4 members (excludes halogenated alkanes) is 3. The maximum Gasteiger partial charge on any atom is 0.200 e. The minimum atomic E-state index is -5.77. The van der Waals surface area contributed by atoms with E-state index in [0.717, 1.165) is 18.2 Å². The Morgan fingerprint density at radius 1 is 0.418 bits per heavy atom. The Hall–Kier alpha value is -4.41. The highest BCUT2D eigenvalue weighted by Crippen LogP contribution is 2.28. The fourth-order valence-electron chi connectivity index (χ4n) is 6.52. The summed E-state index contributed by atoms with van der Waals surface area (Å²) < 4.78 is 222. The van der Waals surface area contributed by atoms with Crippen LogP contribution in [0.15, 0.2) is 30.8 Å². The van der Waals surface area contributed by atoms with Crippen LogP contribution < -0.4 is 26.8 Å². The van der Waals surface area contributed by atoms with E-state index < -0.39 is 115 Å². The number of hydrogen-bond donors (Lipinski definition) is 1. The predicted octanol–water partition coefficient (Wildman–Crippen LogP) is 8.07. The van der Waals surface area contributed by atoms with Gasteiger partial charge in [0.1, 0.15) is 41.0 Å². The van der Waals surface area contributed by atoms with Crippen LogP contribution in [-0.4, -0.2) is 25.8 Å². The van der Waals surface area contributed by atoms with Crippen molar-refractivity contribution >= 4 is 34.1 Å². The molecule has 300 valence electrons. The first-order valence-electron chi connectivity index (χ1n) is 17.2. The van der Waals surface area contributed by atoms with E-state index in [9.17, 15) is 39.5 Å². The number of rotatable bonds is 14. The van der Waals surface area contributed by atoms with E-state index in [1.807, 2.05) is 4.90 Å². The van der Waals surface area contributed by atoms with Gasteiger partial charge in [0.2, 0.25) is 0 Å². The molecule has 17 heteroatoms. The first-order chi connectivity index (χ1) is 25.9. The van der Waals surface area contributed by atoms with Gasteiger partial charge in [-0.15, -0.1) is 16.4 Å². The minimum Gasteiger partial charge on any atom is -0.335 e. The molecule has 4 aromatic rings. The first-order valence-corrected chi connectivity index (χ1v) is 17.2. The summed E-state index contributed by atoms with van der Waals surface area (Å²) in [6.07, 6.45) is 3.50. The second kappa shape index (κ2) is 19.0. The zero-order chi connectivity index (χ0) is 41.5. The normalized spacial score (nSPS) is 11.6. The van der Waals surface area contributed by atoms with Crippen molar-refractivity contribution in [1.82, 2.24) is 0 Å². The largest absolute Gasteiger partial charge is 0.335 e. The van der Waals surface area contributed by atoms with Gasteiger partial charge in [-0.2, -0.15) is 5.46 Å². The molecule has 4 rings (SSSR count). The van der Waals surface area contributed by atoms with Crippen LogP contribution in [0.1, 0.15) is 64.9 Å². The number of quaternary nitrogens is 1. The van der Waals surface area contributed by atoms with Crippen molar-refractivity contribution in [3.05, 3.63) is 124 Å². The lowest BCUT2D eigenvalue weighted by Gasteiger charge is -2.44. The molecule has 0 amide bonds. The summed E-state index contributed by atoms with van der Waals surface area (Å²) in [5.74, 6) is -45.7. The van der Waals surface area contributed by atoms with Gasteiger partial charge in [-0.05, 0) is 24.8 Å². The van der Waals surface area contributed by atoms with E-state index >= 15 is 26.3 Å². The molecule has 0 bridgehead atoms. The summed E-state index contributed by atoms with van der Waals surface area (Å²) in [7, 11) is 0. The fraction of sp³-hybridized carbons (Fsp3) is 0.316. The molecule has 0 spiro atoms. The van der Waals surface area contributed by atoms with E-state index in [0.29, 0.717) is 12.1 Å². The second-order valence-electron chi connectivity index (χ2n) is 12.7.